The average molecular weight is 815 g/mol. The van der Waals surface area contributed by atoms with Crippen molar-refractivity contribution in [1.29, 1.82) is 0 Å². The van der Waals surface area contributed by atoms with Crippen LogP contribution in [-0.4, -0.2) is 80.0 Å². The molecule has 2 aromatic heterocycles. The number of hydrogen-bond donors (Lipinski definition) is 2. The zero-order valence-corrected chi connectivity index (χ0v) is 36.4. The van der Waals surface area contributed by atoms with Crippen molar-refractivity contribution in [3.63, 3.8) is 0 Å². The topological polar surface area (TPSA) is 191 Å². The van der Waals surface area contributed by atoms with Gasteiger partial charge in [-0.1, -0.05) is 48.0 Å². The molecule has 5 rings (SSSR count). The molecule has 19 heteroatoms. The van der Waals surface area contributed by atoms with Crippen LogP contribution in [0.4, 0.5) is 0 Å². The van der Waals surface area contributed by atoms with Crippen molar-refractivity contribution >= 4 is 24.5 Å². The zero-order chi connectivity index (χ0) is 40.0. The van der Waals surface area contributed by atoms with E-state index in [1.165, 1.54) is 27.6 Å². The molecule has 54 heavy (non-hydrogen) atoms. The average Bonchev–Trinajstić information content (AvgIpc) is 3.61. The summed E-state index contributed by atoms with van der Waals surface area (Å²) < 4.78 is 62.2. The number of nitrogens with zero attached hydrogens (tertiary/aromatic N) is 2. The smallest absolute Gasteiger partial charge is 0.414 e. The molecule has 0 unspecified atom stereocenters. The van der Waals surface area contributed by atoms with Gasteiger partial charge in [0.25, 0.3) is 11.1 Å². The first-order chi connectivity index (χ1) is 24.9. The zero-order valence-electron chi connectivity index (χ0n) is 33.5. The second-order valence-electron chi connectivity index (χ2n) is 17.7. The quantitative estimate of drug-likeness (QED) is 0.232. The second-order valence-corrected chi connectivity index (χ2v) is 28.9. The van der Waals surface area contributed by atoms with Crippen LogP contribution in [0.25, 0.3) is 0 Å². The van der Waals surface area contributed by atoms with Gasteiger partial charge in [-0.05, 0) is 56.0 Å². The maximum Gasteiger partial charge on any atom is 0.475 e. The molecule has 0 bridgehead atoms. The van der Waals surface area contributed by atoms with E-state index in [4.69, 9.17) is 31.9 Å². The fraction of sp³-hybridized carbons (Fsp3) is 0.771. The van der Waals surface area contributed by atoms with Gasteiger partial charge in [0.05, 0.1) is 25.9 Å². The van der Waals surface area contributed by atoms with Crippen molar-refractivity contribution < 1.29 is 36.5 Å². The maximum absolute atomic E-state index is 14.7. The summed E-state index contributed by atoms with van der Waals surface area (Å²) in [4.78, 5) is 54.6. The van der Waals surface area contributed by atoms with Crippen LogP contribution >= 0.6 is 7.82 Å². The molecule has 0 saturated carbocycles. The molecule has 3 aliphatic rings. The lowest BCUT2D eigenvalue weighted by molar-refractivity contribution is -0.0582. The molecule has 2 N–H and O–H groups in total. The van der Waals surface area contributed by atoms with E-state index in [1.807, 2.05) is 0 Å². The number of hydrogen-bond acceptors (Lipinski definition) is 12. The van der Waals surface area contributed by atoms with E-state index >= 15 is 0 Å². The van der Waals surface area contributed by atoms with Crippen molar-refractivity contribution in [2.24, 2.45) is 5.92 Å². The Morgan fingerprint density at radius 1 is 0.889 bits per heavy atom. The van der Waals surface area contributed by atoms with E-state index in [0.717, 1.165) is 0 Å². The van der Waals surface area contributed by atoms with Gasteiger partial charge in [0.15, 0.2) is 16.6 Å². The fourth-order valence-electron chi connectivity index (χ4n) is 6.36. The largest absolute Gasteiger partial charge is 0.475 e. The summed E-state index contributed by atoms with van der Waals surface area (Å²) in [6, 6.07) is 1.26. The van der Waals surface area contributed by atoms with Gasteiger partial charge in [-0.25, -0.2) is 14.2 Å². The first-order valence-corrected chi connectivity index (χ1v) is 26.0. The highest BCUT2D eigenvalue weighted by Crippen LogP contribution is 2.56. The van der Waals surface area contributed by atoms with Gasteiger partial charge in [0.1, 0.15) is 30.8 Å². The number of H-pyrrole nitrogens is 2. The third kappa shape index (κ3) is 9.47. The molecule has 8 atom stereocenters. The van der Waals surface area contributed by atoms with Crippen molar-refractivity contribution in [1.82, 2.24) is 19.1 Å². The monoisotopic (exact) mass is 814 g/mol. The summed E-state index contributed by atoms with van der Waals surface area (Å²) in [6.45, 7) is 22.7. The van der Waals surface area contributed by atoms with Gasteiger partial charge in [-0.3, -0.25) is 42.3 Å². The Balaban J connectivity index is 1.45. The van der Waals surface area contributed by atoms with Crippen LogP contribution in [0, 0.1) is 12.8 Å². The summed E-state index contributed by atoms with van der Waals surface area (Å²) in [5.41, 5.74) is -1.92. The Kier molecular flexibility index (Phi) is 12.7. The molecule has 0 aromatic carbocycles. The van der Waals surface area contributed by atoms with Crippen LogP contribution in [0.3, 0.4) is 0 Å². The maximum atomic E-state index is 14.7. The van der Waals surface area contributed by atoms with E-state index < -0.39 is 89.7 Å². The van der Waals surface area contributed by atoms with Crippen molar-refractivity contribution in [3.05, 3.63) is 65.7 Å². The molecule has 3 fully saturated rings. The van der Waals surface area contributed by atoms with Gasteiger partial charge >= 0.3 is 19.2 Å². The van der Waals surface area contributed by atoms with E-state index in [-0.39, 0.29) is 36.3 Å². The molecule has 0 aliphatic carbocycles. The fourth-order valence-corrected chi connectivity index (χ4v) is 10.2. The van der Waals surface area contributed by atoms with E-state index in [1.54, 1.807) is 6.92 Å². The standard InChI is InChI=1S/C35H59N4O12PSi2/c1-22-19-39(33(43)37-30(22)41)28-18-24(51-54(10,11)35(5,6)7)25(48-28)20-46-52(44)45-17-13-12-14-23-29(50-52)26(21-47-53(8,9)34(2,3)4)49-31(23)38-16-15-27(40)36-32(38)42/h15-16,19,23-26,28-29,31H,12-14,17-18,20-21H2,1-11H3,(H,36,40,42)(H,37,41,43)/t23-,24+,25-,26-,28-,29+,31-,52-/m1/s1. The summed E-state index contributed by atoms with van der Waals surface area (Å²) in [6.07, 6.45) is 0.256. The van der Waals surface area contributed by atoms with E-state index in [0.29, 0.717) is 24.8 Å². The highest BCUT2D eigenvalue weighted by Gasteiger charge is 2.52. The Morgan fingerprint density at radius 3 is 2.20 bits per heavy atom. The van der Waals surface area contributed by atoms with Crippen molar-refractivity contribution in [2.45, 2.75) is 147 Å². The Labute approximate surface area is 318 Å². The lowest BCUT2D eigenvalue weighted by Crippen LogP contribution is -2.46. The van der Waals surface area contributed by atoms with Crippen LogP contribution in [0.5, 0.6) is 0 Å². The predicted molar refractivity (Wildman–Crippen MR) is 207 cm³/mol. The third-order valence-corrected chi connectivity index (χ3v) is 22.2. The molecule has 3 aliphatic heterocycles. The Bertz CT molecular complexity index is 1930. The Hall–Kier alpha value is -2.26. The molecule has 304 valence electrons. The number of aryl methyl sites for hydroxylation is 1. The minimum atomic E-state index is -4.34. The van der Waals surface area contributed by atoms with Crippen LogP contribution in [0.15, 0.2) is 37.6 Å². The number of ether oxygens (including phenoxy) is 2. The van der Waals surface area contributed by atoms with Crippen molar-refractivity contribution in [3.8, 4) is 0 Å². The molecular formula is C35H59N4O12PSi2. The second kappa shape index (κ2) is 15.9. The number of aromatic amines is 2. The van der Waals surface area contributed by atoms with E-state index in [9.17, 15) is 23.7 Å². The minimum Gasteiger partial charge on any atom is -0.414 e. The molecule has 5 heterocycles. The first-order valence-electron chi connectivity index (χ1n) is 18.8. The SMILES string of the molecule is Cc1cn([C@H]2C[C@H](O[Si](C)(C)C(C)(C)C)[C@@H](CO[P@@]3(=O)OCCCC[C@@H]4[C@H](O3)[C@@H](CO[Si](C)(C)C(C)(C)C)O[C@H]4n3ccc(=O)[nH]c3=O)O2)c(=O)[nH]c1=O. The summed E-state index contributed by atoms with van der Waals surface area (Å²) in [5.74, 6) is -0.475. The van der Waals surface area contributed by atoms with Gasteiger partial charge < -0.3 is 18.3 Å². The number of aromatic nitrogens is 4. The van der Waals surface area contributed by atoms with Crippen molar-refractivity contribution in [2.75, 3.05) is 19.8 Å². The van der Waals surface area contributed by atoms with Gasteiger partial charge in [0, 0.05) is 36.4 Å². The summed E-state index contributed by atoms with van der Waals surface area (Å²) in [7, 11) is -9.02. The number of rotatable bonds is 10. The predicted octanol–water partition coefficient (Wildman–Crippen LogP) is 5.32. The summed E-state index contributed by atoms with van der Waals surface area (Å²) in [5, 5.41) is -0.260. The third-order valence-electron chi connectivity index (χ3n) is 11.7. The molecule has 0 amide bonds. The van der Waals surface area contributed by atoms with Crippen LogP contribution in [-0.2, 0) is 36.5 Å². The summed E-state index contributed by atoms with van der Waals surface area (Å²) >= 11 is 0. The number of phosphoric ester groups is 1. The molecule has 2 aromatic rings. The van der Waals surface area contributed by atoms with Gasteiger partial charge in [-0.15, -0.1) is 0 Å². The Morgan fingerprint density at radius 2 is 1.56 bits per heavy atom. The lowest BCUT2D eigenvalue weighted by atomic mass is 9.93. The normalized spacial score (nSPS) is 30.1. The highest BCUT2D eigenvalue weighted by molar-refractivity contribution is 7.48. The molecule has 0 spiro atoms. The molecule has 3 saturated heterocycles. The molecular weight excluding hydrogens is 756 g/mol. The number of phosphoric acid groups is 1. The molecule has 0 radical (unpaired) electrons. The first kappa shape index (κ1) is 42.9. The van der Waals surface area contributed by atoms with Gasteiger partial charge in [0.2, 0.25) is 0 Å². The van der Waals surface area contributed by atoms with E-state index in [2.05, 4.69) is 77.7 Å². The van der Waals surface area contributed by atoms with Crippen LogP contribution in [0.2, 0.25) is 36.3 Å². The van der Waals surface area contributed by atoms with Crippen LogP contribution < -0.4 is 22.5 Å². The minimum absolute atomic E-state index is 0.0933. The number of nitrogens with one attached hydrogen (secondary N) is 2. The highest BCUT2D eigenvalue weighted by atomic mass is 31.2. The lowest BCUT2D eigenvalue weighted by Gasteiger charge is -2.39. The van der Waals surface area contributed by atoms with Gasteiger partial charge in [-0.2, -0.15) is 0 Å². The number of fused-ring (bicyclic) bond motifs is 1. The van der Waals surface area contributed by atoms with Crippen LogP contribution in [0.1, 0.15) is 85.2 Å². The molecule has 16 nitrogen and oxygen atoms in total.